The Morgan fingerprint density at radius 1 is 0.867 bits per heavy atom. The van der Waals surface area contributed by atoms with Crippen molar-refractivity contribution in [3.8, 4) is 0 Å². The van der Waals surface area contributed by atoms with Crippen molar-refractivity contribution < 1.29 is 0 Å². The van der Waals surface area contributed by atoms with E-state index in [2.05, 4.69) is 54.6 Å². The molecule has 0 radical (unpaired) electrons. The fraction of sp³-hybridized carbons (Fsp3) is 0.0667. The van der Waals surface area contributed by atoms with E-state index >= 15 is 0 Å². The minimum atomic E-state index is 1.27. The molecule has 0 unspecified atom stereocenters. The molecule has 0 aliphatic rings. The lowest BCUT2D eigenvalue weighted by Gasteiger charge is -2.00. The molecule has 2 aromatic rings. The van der Waals surface area contributed by atoms with Crippen LogP contribution >= 0.6 is 0 Å². The maximum absolute atomic E-state index is 2.16. The van der Waals surface area contributed by atoms with Crippen molar-refractivity contribution in [3.63, 3.8) is 0 Å². The summed E-state index contributed by atoms with van der Waals surface area (Å²) in [6, 6.07) is 14.8. The molecule has 0 fully saturated rings. The molecule has 0 nitrogen and oxygen atoms in total. The quantitative estimate of drug-likeness (QED) is 0.620. The Balaban J connectivity index is 2.51. The Kier molecular flexibility index (Phi) is 2.99. The van der Waals surface area contributed by atoms with Crippen LogP contribution in [0.15, 0.2) is 60.7 Å². The molecule has 0 bridgehead atoms. The van der Waals surface area contributed by atoms with Crippen LogP contribution in [0.25, 0.3) is 16.8 Å². The Bertz CT molecular complexity index is 499. The van der Waals surface area contributed by atoms with Gasteiger partial charge in [0.15, 0.2) is 0 Å². The van der Waals surface area contributed by atoms with Gasteiger partial charge in [-0.05, 0) is 23.3 Å². The number of fused-ring (bicyclic) bond motifs is 1. The van der Waals surface area contributed by atoms with Gasteiger partial charge in [-0.3, -0.25) is 0 Å². The number of hydrogen-bond acceptors (Lipinski definition) is 0. The second-order valence-corrected chi connectivity index (χ2v) is 3.45. The molecule has 0 amide bonds. The predicted octanol–water partition coefficient (Wildman–Crippen LogP) is 4.43. The van der Waals surface area contributed by atoms with Gasteiger partial charge >= 0.3 is 0 Å². The van der Waals surface area contributed by atoms with Gasteiger partial charge in [-0.25, -0.2) is 0 Å². The highest BCUT2D eigenvalue weighted by atomic mass is 14.0. The first kappa shape index (κ1) is 9.72. The summed E-state index contributed by atoms with van der Waals surface area (Å²) in [5, 5.41) is 2.60. The average Bonchev–Trinajstić information content (AvgIpc) is 2.30. The lowest BCUT2D eigenvalue weighted by molar-refractivity contribution is 1.70. The van der Waals surface area contributed by atoms with Crippen LogP contribution in [0.4, 0.5) is 0 Å². The van der Waals surface area contributed by atoms with Crippen molar-refractivity contribution in [1.29, 1.82) is 0 Å². The summed E-state index contributed by atoms with van der Waals surface area (Å²) in [7, 11) is 0. The summed E-state index contributed by atoms with van der Waals surface area (Å²) in [6.45, 7) is 2.02. The molecule has 0 spiro atoms. The van der Waals surface area contributed by atoms with Crippen LogP contribution in [0.2, 0.25) is 0 Å². The standard InChI is InChI=1S/C15H14/c1-2-3-4-8-13-10-7-11-14-9-5-6-12-15(13)14/h2-12H,1H3/b3-2+,8-4+. The van der Waals surface area contributed by atoms with Gasteiger partial charge < -0.3 is 0 Å². The van der Waals surface area contributed by atoms with E-state index in [4.69, 9.17) is 0 Å². The molecule has 0 heteroatoms. The van der Waals surface area contributed by atoms with Crippen LogP contribution in [0.3, 0.4) is 0 Å². The van der Waals surface area contributed by atoms with Gasteiger partial charge in [0.1, 0.15) is 0 Å². The summed E-state index contributed by atoms with van der Waals surface area (Å²) in [4.78, 5) is 0. The molecule has 2 rings (SSSR count). The number of rotatable bonds is 2. The second-order valence-electron chi connectivity index (χ2n) is 3.45. The summed E-state index contributed by atoms with van der Waals surface area (Å²) in [5.74, 6) is 0. The summed E-state index contributed by atoms with van der Waals surface area (Å²) < 4.78 is 0. The fourth-order valence-electron chi connectivity index (χ4n) is 1.67. The van der Waals surface area contributed by atoms with E-state index < -0.39 is 0 Å². The smallest absolute Gasteiger partial charge is 0.0111 e. The van der Waals surface area contributed by atoms with E-state index in [1.807, 2.05) is 19.1 Å². The van der Waals surface area contributed by atoms with Gasteiger partial charge in [0, 0.05) is 0 Å². The highest BCUT2D eigenvalue weighted by Gasteiger charge is 1.94. The van der Waals surface area contributed by atoms with E-state index in [0.717, 1.165) is 0 Å². The largest absolute Gasteiger partial charge is 0.0877 e. The Hall–Kier alpha value is -1.82. The number of hydrogen-bond donors (Lipinski definition) is 0. The van der Waals surface area contributed by atoms with E-state index in [1.165, 1.54) is 16.3 Å². The predicted molar refractivity (Wildman–Crippen MR) is 67.8 cm³/mol. The van der Waals surface area contributed by atoms with Gasteiger partial charge in [0.25, 0.3) is 0 Å². The average molecular weight is 194 g/mol. The van der Waals surface area contributed by atoms with E-state index in [1.54, 1.807) is 0 Å². The molecule has 2 aromatic carbocycles. The SMILES string of the molecule is C/C=C/C=C/c1cccc2ccccc12. The van der Waals surface area contributed by atoms with Crippen LogP contribution in [0.1, 0.15) is 12.5 Å². The lowest BCUT2D eigenvalue weighted by atomic mass is 10.0. The lowest BCUT2D eigenvalue weighted by Crippen LogP contribution is -1.76. The minimum absolute atomic E-state index is 1.27. The first-order chi connectivity index (χ1) is 7.42. The van der Waals surface area contributed by atoms with Crippen molar-refractivity contribution in [1.82, 2.24) is 0 Å². The van der Waals surface area contributed by atoms with Crippen molar-refractivity contribution in [2.75, 3.05) is 0 Å². The van der Waals surface area contributed by atoms with Crippen molar-refractivity contribution in [3.05, 3.63) is 66.3 Å². The third-order valence-electron chi connectivity index (χ3n) is 2.40. The highest BCUT2D eigenvalue weighted by molar-refractivity contribution is 5.90. The Morgan fingerprint density at radius 2 is 1.67 bits per heavy atom. The summed E-state index contributed by atoms with van der Waals surface area (Å²) >= 11 is 0. The van der Waals surface area contributed by atoms with Crippen molar-refractivity contribution in [2.45, 2.75) is 6.92 Å². The third-order valence-corrected chi connectivity index (χ3v) is 2.40. The van der Waals surface area contributed by atoms with Crippen LogP contribution in [0.5, 0.6) is 0 Å². The van der Waals surface area contributed by atoms with E-state index in [0.29, 0.717) is 0 Å². The normalized spacial score (nSPS) is 11.8. The minimum Gasteiger partial charge on any atom is -0.0877 e. The van der Waals surface area contributed by atoms with Gasteiger partial charge in [0.05, 0.1) is 0 Å². The molecule has 0 N–H and O–H groups in total. The van der Waals surface area contributed by atoms with E-state index in [-0.39, 0.29) is 0 Å². The summed E-state index contributed by atoms with van der Waals surface area (Å²) in [5.41, 5.74) is 1.27. The van der Waals surface area contributed by atoms with Crippen molar-refractivity contribution in [2.24, 2.45) is 0 Å². The van der Waals surface area contributed by atoms with Crippen LogP contribution in [-0.2, 0) is 0 Å². The van der Waals surface area contributed by atoms with Gasteiger partial charge in [-0.1, -0.05) is 66.8 Å². The Morgan fingerprint density at radius 3 is 2.53 bits per heavy atom. The Labute approximate surface area is 90.6 Å². The molecule has 0 saturated carbocycles. The molecule has 74 valence electrons. The molecule has 0 aliphatic heterocycles. The highest BCUT2D eigenvalue weighted by Crippen LogP contribution is 2.19. The van der Waals surface area contributed by atoms with Crippen LogP contribution in [0, 0.1) is 0 Å². The van der Waals surface area contributed by atoms with Crippen molar-refractivity contribution >= 4 is 16.8 Å². The zero-order valence-electron chi connectivity index (χ0n) is 8.85. The monoisotopic (exact) mass is 194 g/mol. The second kappa shape index (κ2) is 4.61. The van der Waals surface area contributed by atoms with Crippen LogP contribution < -0.4 is 0 Å². The first-order valence-electron chi connectivity index (χ1n) is 5.19. The van der Waals surface area contributed by atoms with Gasteiger partial charge in [-0.15, -0.1) is 0 Å². The topological polar surface area (TPSA) is 0 Å². The van der Waals surface area contributed by atoms with Crippen LogP contribution in [-0.4, -0.2) is 0 Å². The van der Waals surface area contributed by atoms with Gasteiger partial charge in [-0.2, -0.15) is 0 Å². The molecule has 0 heterocycles. The maximum atomic E-state index is 2.16. The molecule has 0 saturated heterocycles. The molecular formula is C15H14. The summed E-state index contributed by atoms with van der Waals surface area (Å²) in [6.07, 6.45) is 8.29. The first-order valence-corrected chi connectivity index (χ1v) is 5.19. The molecule has 15 heavy (non-hydrogen) atoms. The zero-order chi connectivity index (χ0) is 10.5. The number of allylic oxidation sites excluding steroid dienone is 3. The molecule has 0 atom stereocenters. The molecule has 0 aromatic heterocycles. The number of benzene rings is 2. The van der Waals surface area contributed by atoms with Gasteiger partial charge in [0.2, 0.25) is 0 Å². The molecular weight excluding hydrogens is 180 g/mol. The fourth-order valence-corrected chi connectivity index (χ4v) is 1.67. The molecule has 0 aliphatic carbocycles. The maximum Gasteiger partial charge on any atom is -0.0111 e. The zero-order valence-corrected chi connectivity index (χ0v) is 8.85. The third kappa shape index (κ3) is 2.16. The van der Waals surface area contributed by atoms with E-state index in [9.17, 15) is 0 Å².